The predicted molar refractivity (Wildman–Crippen MR) is 84.9 cm³/mol. The minimum atomic E-state index is -0.198. The first-order chi connectivity index (χ1) is 9.95. The lowest BCUT2D eigenvalue weighted by molar-refractivity contribution is -0.125. The Labute approximate surface area is 125 Å². The Morgan fingerprint density at radius 2 is 1.95 bits per heavy atom. The molecule has 0 radical (unpaired) electrons. The summed E-state index contributed by atoms with van der Waals surface area (Å²) in [6.07, 6.45) is 0. The van der Waals surface area contributed by atoms with E-state index in [1.54, 1.807) is 0 Å². The second-order valence-electron chi connectivity index (χ2n) is 5.95. The molecule has 114 valence electrons. The highest BCUT2D eigenvalue weighted by atomic mass is 16.3. The lowest BCUT2D eigenvalue weighted by Crippen LogP contribution is -2.37. The number of amides is 1. The van der Waals surface area contributed by atoms with E-state index in [4.69, 9.17) is 10.2 Å². The number of fused-ring (bicyclic) bond motifs is 1. The van der Waals surface area contributed by atoms with Crippen LogP contribution in [0.25, 0.3) is 11.0 Å². The number of aryl methyl sites for hydroxylation is 1. The minimum absolute atomic E-state index is 0.0314. The van der Waals surface area contributed by atoms with Crippen molar-refractivity contribution < 1.29 is 9.21 Å². The first-order valence-corrected chi connectivity index (χ1v) is 7.44. The average molecular weight is 288 g/mol. The Balaban J connectivity index is 2.37. The van der Waals surface area contributed by atoms with Crippen LogP contribution in [0.15, 0.2) is 28.7 Å². The van der Waals surface area contributed by atoms with Gasteiger partial charge in [0.15, 0.2) is 0 Å². The maximum absolute atomic E-state index is 12.2. The van der Waals surface area contributed by atoms with Gasteiger partial charge in [-0.05, 0) is 18.9 Å². The van der Waals surface area contributed by atoms with Gasteiger partial charge >= 0.3 is 0 Å². The molecule has 2 aromatic rings. The summed E-state index contributed by atoms with van der Waals surface area (Å²) in [5, 5.41) is 4.17. The average Bonchev–Trinajstić information content (AvgIpc) is 2.80. The van der Waals surface area contributed by atoms with Crippen molar-refractivity contribution in [3.05, 3.63) is 35.6 Å². The summed E-state index contributed by atoms with van der Waals surface area (Å²) < 4.78 is 5.99. The van der Waals surface area contributed by atoms with E-state index in [0.717, 1.165) is 22.3 Å². The minimum Gasteiger partial charge on any atom is -0.459 e. The van der Waals surface area contributed by atoms with Crippen molar-refractivity contribution in [1.82, 2.24) is 5.32 Å². The molecule has 0 fully saturated rings. The highest BCUT2D eigenvalue weighted by Gasteiger charge is 2.26. The fourth-order valence-corrected chi connectivity index (χ4v) is 2.43. The Kier molecular flexibility index (Phi) is 4.68. The number of furan rings is 1. The molecule has 2 rings (SSSR count). The molecule has 2 unspecified atom stereocenters. The SMILES string of the molecule is Cc1c(C(NC(=O)C(C)CN)C(C)C)oc2ccccc12. The molecule has 0 saturated heterocycles. The zero-order valence-corrected chi connectivity index (χ0v) is 13.1. The lowest BCUT2D eigenvalue weighted by Gasteiger charge is -2.23. The Bertz CT molecular complexity index is 631. The van der Waals surface area contributed by atoms with Gasteiger partial charge in [-0.15, -0.1) is 0 Å². The normalized spacial score (nSPS) is 14.4. The molecule has 0 aliphatic rings. The molecule has 2 atom stereocenters. The van der Waals surface area contributed by atoms with Gasteiger partial charge in [0.25, 0.3) is 0 Å². The topological polar surface area (TPSA) is 68.3 Å². The standard InChI is InChI=1S/C17H24N2O2/c1-10(2)15(19-17(20)11(3)9-18)16-12(4)13-7-5-6-8-14(13)21-16/h5-8,10-11,15H,9,18H2,1-4H3,(H,19,20). The summed E-state index contributed by atoms with van der Waals surface area (Å²) in [5.41, 5.74) is 7.52. The van der Waals surface area contributed by atoms with Gasteiger partial charge in [0, 0.05) is 23.4 Å². The van der Waals surface area contributed by atoms with Crippen LogP contribution < -0.4 is 11.1 Å². The molecule has 1 amide bonds. The van der Waals surface area contributed by atoms with Crippen LogP contribution in [0.3, 0.4) is 0 Å². The summed E-state index contributed by atoms with van der Waals surface area (Å²) in [7, 11) is 0. The fraction of sp³-hybridized carbons (Fsp3) is 0.471. The van der Waals surface area contributed by atoms with Crippen LogP contribution in [0, 0.1) is 18.8 Å². The number of hydrogen-bond donors (Lipinski definition) is 2. The van der Waals surface area contributed by atoms with E-state index in [2.05, 4.69) is 19.2 Å². The van der Waals surface area contributed by atoms with Crippen LogP contribution in [-0.4, -0.2) is 12.5 Å². The van der Waals surface area contributed by atoms with E-state index in [-0.39, 0.29) is 23.8 Å². The van der Waals surface area contributed by atoms with Crippen molar-refractivity contribution in [3.63, 3.8) is 0 Å². The van der Waals surface area contributed by atoms with Gasteiger partial charge in [-0.2, -0.15) is 0 Å². The number of para-hydroxylation sites is 1. The van der Waals surface area contributed by atoms with E-state index in [0.29, 0.717) is 6.54 Å². The Morgan fingerprint density at radius 1 is 1.29 bits per heavy atom. The third-order valence-corrected chi connectivity index (χ3v) is 3.93. The largest absolute Gasteiger partial charge is 0.459 e. The molecule has 0 bridgehead atoms. The summed E-state index contributed by atoms with van der Waals surface area (Å²) in [4.78, 5) is 12.2. The van der Waals surface area contributed by atoms with Gasteiger partial charge in [-0.1, -0.05) is 39.0 Å². The number of hydrogen-bond acceptors (Lipinski definition) is 3. The van der Waals surface area contributed by atoms with E-state index >= 15 is 0 Å². The molecule has 21 heavy (non-hydrogen) atoms. The third kappa shape index (κ3) is 3.10. The molecule has 0 spiro atoms. The predicted octanol–water partition coefficient (Wildman–Crippen LogP) is 3.15. The van der Waals surface area contributed by atoms with Crippen LogP contribution in [0.5, 0.6) is 0 Å². The van der Waals surface area contributed by atoms with Gasteiger partial charge in [0.1, 0.15) is 11.3 Å². The summed E-state index contributed by atoms with van der Waals surface area (Å²) in [5.74, 6) is 0.842. The third-order valence-electron chi connectivity index (χ3n) is 3.93. The number of carbonyl (C=O) groups excluding carboxylic acids is 1. The zero-order valence-electron chi connectivity index (χ0n) is 13.1. The van der Waals surface area contributed by atoms with E-state index in [9.17, 15) is 4.79 Å². The molecule has 1 aromatic heterocycles. The molecule has 4 heteroatoms. The van der Waals surface area contributed by atoms with Crippen molar-refractivity contribution in [2.75, 3.05) is 6.54 Å². The van der Waals surface area contributed by atoms with E-state index in [1.807, 2.05) is 38.1 Å². The second kappa shape index (κ2) is 6.31. The van der Waals surface area contributed by atoms with Crippen LogP contribution in [0.2, 0.25) is 0 Å². The van der Waals surface area contributed by atoms with Crippen molar-refractivity contribution >= 4 is 16.9 Å². The van der Waals surface area contributed by atoms with Crippen LogP contribution >= 0.6 is 0 Å². The number of benzene rings is 1. The first-order valence-electron chi connectivity index (χ1n) is 7.44. The quantitative estimate of drug-likeness (QED) is 0.888. The summed E-state index contributed by atoms with van der Waals surface area (Å²) in [6.45, 7) is 8.36. The van der Waals surface area contributed by atoms with Crippen molar-refractivity contribution in [2.24, 2.45) is 17.6 Å². The summed E-state index contributed by atoms with van der Waals surface area (Å²) >= 11 is 0. The highest BCUT2D eigenvalue weighted by molar-refractivity contribution is 5.83. The fourth-order valence-electron chi connectivity index (χ4n) is 2.43. The van der Waals surface area contributed by atoms with Gasteiger partial charge in [-0.3, -0.25) is 4.79 Å². The maximum Gasteiger partial charge on any atom is 0.224 e. The van der Waals surface area contributed by atoms with Gasteiger partial charge < -0.3 is 15.5 Å². The van der Waals surface area contributed by atoms with Gasteiger partial charge in [0.05, 0.1) is 6.04 Å². The van der Waals surface area contributed by atoms with Crippen LogP contribution in [-0.2, 0) is 4.79 Å². The molecule has 0 saturated carbocycles. The molecular formula is C17H24N2O2. The lowest BCUT2D eigenvalue weighted by atomic mass is 9.97. The Morgan fingerprint density at radius 3 is 2.52 bits per heavy atom. The molecule has 0 aliphatic heterocycles. The monoisotopic (exact) mass is 288 g/mol. The first kappa shape index (κ1) is 15.6. The number of rotatable bonds is 5. The van der Waals surface area contributed by atoms with Crippen LogP contribution in [0.4, 0.5) is 0 Å². The van der Waals surface area contributed by atoms with E-state index in [1.165, 1.54) is 0 Å². The molecule has 1 heterocycles. The zero-order chi connectivity index (χ0) is 15.6. The molecule has 1 aromatic carbocycles. The number of nitrogens with one attached hydrogen (secondary N) is 1. The molecule has 4 nitrogen and oxygen atoms in total. The molecular weight excluding hydrogens is 264 g/mol. The van der Waals surface area contributed by atoms with Gasteiger partial charge in [0.2, 0.25) is 5.91 Å². The van der Waals surface area contributed by atoms with Crippen molar-refractivity contribution in [3.8, 4) is 0 Å². The molecule has 3 N–H and O–H groups in total. The summed E-state index contributed by atoms with van der Waals surface area (Å²) in [6, 6.07) is 7.80. The van der Waals surface area contributed by atoms with Crippen LogP contribution in [0.1, 0.15) is 38.1 Å². The highest BCUT2D eigenvalue weighted by Crippen LogP contribution is 2.32. The van der Waals surface area contributed by atoms with Crippen molar-refractivity contribution in [1.29, 1.82) is 0 Å². The van der Waals surface area contributed by atoms with E-state index < -0.39 is 0 Å². The maximum atomic E-state index is 12.2. The second-order valence-corrected chi connectivity index (χ2v) is 5.95. The Hall–Kier alpha value is -1.81. The van der Waals surface area contributed by atoms with Gasteiger partial charge in [-0.25, -0.2) is 0 Å². The smallest absolute Gasteiger partial charge is 0.224 e. The number of carbonyl (C=O) groups is 1. The van der Waals surface area contributed by atoms with Crippen molar-refractivity contribution in [2.45, 2.75) is 33.7 Å². The number of nitrogens with two attached hydrogens (primary N) is 1. The molecule has 0 aliphatic carbocycles.